The van der Waals surface area contributed by atoms with Gasteiger partial charge in [0.2, 0.25) is 0 Å². The van der Waals surface area contributed by atoms with Gasteiger partial charge in [-0.05, 0) is 83.5 Å². The molecule has 3 heteroatoms. The quantitative estimate of drug-likeness (QED) is 0.0268. The molecule has 55 heavy (non-hydrogen) atoms. The van der Waals surface area contributed by atoms with Gasteiger partial charge in [-0.2, -0.15) is 0 Å². The lowest BCUT2D eigenvalue weighted by atomic mass is 9.94. The van der Waals surface area contributed by atoms with E-state index in [9.17, 15) is 14.4 Å². The second-order valence-corrected chi connectivity index (χ2v) is 16.8. The van der Waals surface area contributed by atoms with E-state index >= 15 is 0 Å². The van der Waals surface area contributed by atoms with E-state index in [1.54, 1.807) is 0 Å². The first kappa shape index (κ1) is 53.2. The van der Waals surface area contributed by atoms with E-state index in [4.69, 9.17) is 0 Å². The third kappa shape index (κ3) is 43.2. The number of hydrogen-bond acceptors (Lipinski definition) is 3. The molecule has 0 aromatic carbocycles. The summed E-state index contributed by atoms with van der Waals surface area (Å²) < 4.78 is 0. The van der Waals surface area contributed by atoms with Crippen LogP contribution in [0.15, 0.2) is 36.5 Å². The lowest BCUT2D eigenvalue weighted by Crippen LogP contribution is -2.15. The lowest BCUT2D eigenvalue weighted by Gasteiger charge is -2.09. The first-order valence-corrected chi connectivity index (χ1v) is 24.6. The number of allylic oxidation sites excluding steroid dienone is 6. The van der Waals surface area contributed by atoms with Crippen LogP contribution in [0.3, 0.4) is 0 Å². The van der Waals surface area contributed by atoms with Crippen molar-refractivity contribution in [1.82, 2.24) is 0 Å². The zero-order valence-electron chi connectivity index (χ0n) is 37.1. The van der Waals surface area contributed by atoms with Crippen LogP contribution < -0.4 is 0 Å². The fourth-order valence-electron chi connectivity index (χ4n) is 7.57. The second-order valence-electron chi connectivity index (χ2n) is 16.8. The third-order valence-electron chi connectivity index (χ3n) is 11.4. The molecule has 320 valence electrons. The van der Waals surface area contributed by atoms with Crippen molar-refractivity contribution in [3.63, 3.8) is 0 Å². The van der Waals surface area contributed by atoms with Gasteiger partial charge in [0.05, 0.1) is 5.92 Å². The van der Waals surface area contributed by atoms with Crippen LogP contribution in [-0.4, -0.2) is 17.9 Å². The first-order valence-electron chi connectivity index (χ1n) is 24.6. The summed E-state index contributed by atoms with van der Waals surface area (Å²) in [5.41, 5.74) is 0. The molecule has 0 radical (unpaired) electrons. The second kappa shape index (κ2) is 46.6. The first-order chi connectivity index (χ1) is 27.2. The Kier molecular flexibility index (Phi) is 45.1. The number of unbranched alkanes of at least 4 members (excludes halogenated alkanes) is 30. The topological polar surface area (TPSA) is 51.2 Å². The van der Waals surface area contributed by atoms with Gasteiger partial charge < -0.3 is 4.79 Å². The summed E-state index contributed by atoms with van der Waals surface area (Å²) in [5, 5.41) is 0. The van der Waals surface area contributed by atoms with Gasteiger partial charge in [-0.15, -0.1) is 0 Å². The molecule has 0 aliphatic rings. The monoisotopic (exact) mass is 767 g/mol. The highest BCUT2D eigenvalue weighted by molar-refractivity contribution is 5.93. The number of hydrogen-bond donors (Lipinski definition) is 0. The van der Waals surface area contributed by atoms with E-state index in [-0.39, 0.29) is 11.7 Å². The molecule has 0 fully saturated rings. The Morgan fingerprint density at radius 3 is 1.09 bits per heavy atom. The molecule has 0 aliphatic heterocycles. The van der Waals surface area contributed by atoms with Crippen LogP contribution in [0, 0.1) is 5.92 Å². The van der Waals surface area contributed by atoms with Crippen molar-refractivity contribution < 1.29 is 14.4 Å². The number of Topliss-reactive ketones (excluding diaryl/α,β-unsaturated/α-hetero) is 2. The Morgan fingerprint density at radius 1 is 0.364 bits per heavy atom. The average Bonchev–Trinajstić information content (AvgIpc) is 3.19. The summed E-state index contributed by atoms with van der Waals surface area (Å²) in [5.74, 6) is 0.284. The van der Waals surface area contributed by atoms with Crippen molar-refractivity contribution in [1.29, 1.82) is 0 Å². The van der Waals surface area contributed by atoms with Gasteiger partial charge in [0.1, 0.15) is 17.9 Å². The van der Waals surface area contributed by atoms with E-state index in [2.05, 4.69) is 50.3 Å². The van der Waals surface area contributed by atoms with Crippen LogP contribution in [0.4, 0.5) is 0 Å². The smallest absolute Gasteiger partial charge is 0.143 e. The summed E-state index contributed by atoms with van der Waals surface area (Å²) in [6, 6.07) is 0. The average molecular weight is 767 g/mol. The Balaban J connectivity index is 3.45. The number of carbonyl (C=O) groups excluding carboxylic acids is 3. The SMILES string of the molecule is CCCCC/C=C\C/C=C\CCCCCCCC(=O)CCCCCCCC/C=C\CCCCCCC(C=O)C(=O)CCCCCCCCCCCCCCC. The van der Waals surface area contributed by atoms with Crippen molar-refractivity contribution in [3.8, 4) is 0 Å². The van der Waals surface area contributed by atoms with Gasteiger partial charge in [-0.25, -0.2) is 0 Å². The highest BCUT2D eigenvalue weighted by Crippen LogP contribution is 2.17. The maximum Gasteiger partial charge on any atom is 0.143 e. The predicted octanol–water partition coefficient (Wildman–Crippen LogP) is 17.3. The van der Waals surface area contributed by atoms with E-state index in [0.29, 0.717) is 12.2 Å². The minimum atomic E-state index is -0.370. The molecule has 0 spiro atoms. The molecule has 0 saturated carbocycles. The van der Waals surface area contributed by atoms with Crippen LogP contribution in [-0.2, 0) is 14.4 Å². The van der Waals surface area contributed by atoms with Crippen LogP contribution in [0.5, 0.6) is 0 Å². The summed E-state index contributed by atoms with van der Waals surface area (Å²) >= 11 is 0. The van der Waals surface area contributed by atoms with Crippen LogP contribution in [0.25, 0.3) is 0 Å². The molecule has 0 saturated heterocycles. The van der Waals surface area contributed by atoms with E-state index in [1.165, 1.54) is 180 Å². The predicted molar refractivity (Wildman–Crippen MR) is 243 cm³/mol. The Hall–Kier alpha value is -1.77. The van der Waals surface area contributed by atoms with Crippen LogP contribution in [0.1, 0.15) is 271 Å². The number of ketones is 2. The Bertz CT molecular complexity index is 899. The van der Waals surface area contributed by atoms with Crippen LogP contribution in [0.2, 0.25) is 0 Å². The molecule has 0 heterocycles. The van der Waals surface area contributed by atoms with Gasteiger partial charge in [0, 0.05) is 19.3 Å². The van der Waals surface area contributed by atoms with Crippen LogP contribution >= 0.6 is 0 Å². The highest BCUT2D eigenvalue weighted by atomic mass is 16.1. The fourth-order valence-corrected chi connectivity index (χ4v) is 7.57. The molecule has 1 atom stereocenters. The van der Waals surface area contributed by atoms with Crippen molar-refractivity contribution in [3.05, 3.63) is 36.5 Å². The Morgan fingerprint density at radius 2 is 0.673 bits per heavy atom. The third-order valence-corrected chi connectivity index (χ3v) is 11.4. The lowest BCUT2D eigenvalue weighted by molar-refractivity contribution is -0.127. The summed E-state index contributed by atoms with van der Waals surface area (Å²) in [4.78, 5) is 36.3. The zero-order valence-corrected chi connectivity index (χ0v) is 37.1. The van der Waals surface area contributed by atoms with E-state index in [1.807, 2.05) is 0 Å². The van der Waals surface area contributed by atoms with Crippen molar-refractivity contribution in [2.75, 3.05) is 0 Å². The minimum Gasteiger partial charge on any atom is -0.303 e. The van der Waals surface area contributed by atoms with E-state index < -0.39 is 0 Å². The van der Waals surface area contributed by atoms with Gasteiger partial charge >= 0.3 is 0 Å². The molecular weight excluding hydrogens is 673 g/mol. The van der Waals surface area contributed by atoms with Gasteiger partial charge in [-0.1, -0.05) is 204 Å². The summed E-state index contributed by atoms with van der Waals surface area (Å²) in [6.45, 7) is 4.53. The highest BCUT2D eigenvalue weighted by Gasteiger charge is 2.16. The fraction of sp³-hybridized carbons (Fsp3) is 0.827. The molecule has 1 unspecified atom stereocenters. The molecule has 3 nitrogen and oxygen atoms in total. The van der Waals surface area contributed by atoms with Crippen molar-refractivity contribution >= 4 is 17.9 Å². The maximum absolute atomic E-state index is 12.5. The zero-order chi connectivity index (χ0) is 40.0. The number of aldehydes is 1. The molecule has 0 aromatic rings. The van der Waals surface area contributed by atoms with Gasteiger partial charge in [0.25, 0.3) is 0 Å². The van der Waals surface area contributed by atoms with Gasteiger partial charge in [0.15, 0.2) is 0 Å². The Labute approximate surface area is 344 Å². The normalized spacial score (nSPS) is 12.5. The number of rotatable bonds is 46. The molecule has 0 aliphatic carbocycles. The minimum absolute atomic E-state index is 0.175. The number of carbonyl (C=O) groups is 3. The maximum atomic E-state index is 12.5. The summed E-state index contributed by atoms with van der Waals surface area (Å²) in [6.07, 6.45) is 62.5. The molecule has 0 amide bonds. The molecule has 0 aromatic heterocycles. The molecule has 0 bridgehead atoms. The standard InChI is InChI=1S/C52H94O3/c1-3-5-7-9-11-13-15-17-18-23-26-30-34-38-42-46-51(54)47-43-39-35-31-27-24-20-19-22-25-29-33-37-41-45-50(49-53)52(55)48-44-40-36-32-28-21-16-14-12-10-8-6-4-2/h11,13,17-19,22,49-50H,3-10,12,14-16,20-21,23-48H2,1-2H3/b13-11-,18-17-,22-19-. The molecular formula is C52H94O3. The van der Waals surface area contributed by atoms with E-state index in [0.717, 1.165) is 76.9 Å². The molecule has 0 N–H and O–H groups in total. The van der Waals surface area contributed by atoms with Gasteiger partial charge in [-0.3, -0.25) is 9.59 Å². The summed E-state index contributed by atoms with van der Waals surface area (Å²) in [7, 11) is 0. The molecule has 0 rings (SSSR count). The van der Waals surface area contributed by atoms with Crippen molar-refractivity contribution in [2.45, 2.75) is 271 Å². The largest absolute Gasteiger partial charge is 0.303 e. The van der Waals surface area contributed by atoms with Crippen molar-refractivity contribution in [2.24, 2.45) is 5.92 Å².